The van der Waals surface area contributed by atoms with Crippen LogP contribution in [-0.2, 0) is 0 Å². The number of piperidine rings is 1. The van der Waals surface area contributed by atoms with Gasteiger partial charge in [0.2, 0.25) is 0 Å². The maximum Gasteiger partial charge on any atom is 0.106 e. The SMILES string of the molecule is CCNC(C#N)(CC)CCCN1CCCC(C)(C)C1. The highest BCUT2D eigenvalue weighted by atomic mass is 15.1. The highest BCUT2D eigenvalue weighted by molar-refractivity contribution is 5.06. The molecule has 0 aromatic heterocycles. The summed E-state index contributed by atoms with van der Waals surface area (Å²) in [5.74, 6) is 0. The Bertz CT molecular complexity index is 306. The molecule has 0 radical (unpaired) electrons. The first kappa shape index (κ1) is 16.5. The Morgan fingerprint density at radius 1 is 1.37 bits per heavy atom. The molecule has 19 heavy (non-hydrogen) atoms. The molecule has 1 atom stereocenters. The minimum Gasteiger partial charge on any atom is -0.303 e. The van der Waals surface area contributed by atoms with Gasteiger partial charge in [-0.3, -0.25) is 5.32 Å². The average Bonchev–Trinajstić information content (AvgIpc) is 2.36. The third-order valence-electron chi connectivity index (χ3n) is 4.39. The van der Waals surface area contributed by atoms with Crippen molar-refractivity contribution >= 4 is 0 Å². The van der Waals surface area contributed by atoms with Gasteiger partial charge in [0, 0.05) is 6.54 Å². The lowest BCUT2D eigenvalue weighted by molar-refractivity contribution is 0.114. The number of nitrogens with one attached hydrogen (secondary N) is 1. The third-order valence-corrected chi connectivity index (χ3v) is 4.39. The summed E-state index contributed by atoms with van der Waals surface area (Å²) >= 11 is 0. The van der Waals surface area contributed by atoms with Gasteiger partial charge in [0.25, 0.3) is 0 Å². The summed E-state index contributed by atoms with van der Waals surface area (Å²) in [5.41, 5.74) is 0.164. The lowest BCUT2D eigenvalue weighted by Gasteiger charge is -2.38. The van der Waals surface area contributed by atoms with Crippen LogP contribution in [0.1, 0.15) is 59.8 Å². The Morgan fingerprint density at radius 3 is 2.63 bits per heavy atom. The molecule has 0 aromatic rings. The van der Waals surface area contributed by atoms with E-state index in [1.54, 1.807) is 0 Å². The zero-order valence-corrected chi connectivity index (χ0v) is 13.3. The summed E-state index contributed by atoms with van der Waals surface area (Å²) in [5, 5.41) is 12.8. The molecule has 0 aliphatic carbocycles. The van der Waals surface area contributed by atoms with Crippen molar-refractivity contribution < 1.29 is 0 Å². The van der Waals surface area contributed by atoms with Crippen molar-refractivity contribution in [2.45, 2.75) is 65.3 Å². The maximum atomic E-state index is 9.40. The van der Waals surface area contributed by atoms with Crippen LogP contribution < -0.4 is 5.32 Å². The molecule has 3 nitrogen and oxygen atoms in total. The Morgan fingerprint density at radius 2 is 2.11 bits per heavy atom. The number of likely N-dealkylation sites (tertiary alicyclic amines) is 1. The molecule has 1 fully saturated rings. The van der Waals surface area contributed by atoms with Crippen LogP contribution in [0.15, 0.2) is 0 Å². The van der Waals surface area contributed by atoms with Gasteiger partial charge in [-0.1, -0.05) is 27.7 Å². The molecule has 0 aromatic carbocycles. The molecule has 1 unspecified atom stereocenters. The summed E-state index contributed by atoms with van der Waals surface area (Å²) < 4.78 is 0. The zero-order chi connectivity index (χ0) is 14.4. The fraction of sp³-hybridized carbons (Fsp3) is 0.938. The smallest absolute Gasteiger partial charge is 0.106 e. The first-order chi connectivity index (χ1) is 8.97. The van der Waals surface area contributed by atoms with Gasteiger partial charge in [-0.2, -0.15) is 5.26 Å². The fourth-order valence-electron chi connectivity index (χ4n) is 3.24. The van der Waals surface area contributed by atoms with Gasteiger partial charge in [-0.15, -0.1) is 0 Å². The first-order valence-electron chi connectivity index (χ1n) is 7.85. The van der Waals surface area contributed by atoms with Crippen molar-refractivity contribution in [1.82, 2.24) is 10.2 Å². The lowest BCUT2D eigenvalue weighted by Crippen LogP contribution is -2.45. The normalized spacial score (nSPS) is 22.7. The zero-order valence-electron chi connectivity index (χ0n) is 13.3. The van der Waals surface area contributed by atoms with Crippen LogP contribution in [0.3, 0.4) is 0 Å². The van der Waals surface area contributed by atoms with Gasteiger partial charge in [-0.25, -0.2) is 0 Å². The topological polar surface area (TPSA) is 39.1 Å². The number of hydrogen-bond donors (Lipinski definition) is 1. The molecule has 0 spiro atoms. The van der Waals surface area contributed by atoms with Crippen LogP contribution in [0.5, 0.6) is 0 Å². The van der Waals surface area contributed by atoms with Gasteiger partial charge in [0.1, 0.15) is 5.54 Å². The Kier molecular flexibility index (Phi) is 6.29. The summed E-state index contributed by atoms with van der Waals surface area (Å²) in [6, 6.07) is 2.49. The predicted octanol–water partition coefficient (Wildman–Crippen LogP) is 3.17. The highest BCUT2D eigenvalue weighted by Gasteiger charge is 2.28. The standard InChI is InChI=1S/C16H31N3/c1-5-16(13-17,18-6-2)10-8-12-19-11-7-9-15(3,4)14-19/h18H,5-12,14H2,1-4H3. The fourth-order valence-corrected chi connectivity index (χ4v) is 3.24. The second-order valence-corrected chi connectivity index (χ2v) is 6.73. The van der Waals surface area contributed by atoms with Crippen LogP contribution in [0.25, 0.3) is 0 Å². The second kappa shape index (κ2) is 7.26. The molecular formula is C16H31N3. The van der Waals surface area contributed by atoms with Crippen molar-refractivity contribution in [3.05, 3.63) is 0 Å². The van der Waals surface area contributed by atoms with E-state index in [4.69, 9.17) is 0 Å². The molecule has 0 saturated carbocycles. The van der Waals surface area contributed by atoms with E-state index in [1.807, 2.05) is 0 Å². The van der Waals surface area contributed by atoms with Crippen LogP contribution in [-0.4, -0.2) is 36.6 Å². The van der Waals surface area contributed by atoms with Gasteiger partial charge >= 0.3 is 0 Å². The van der Waals surface area contributed by atoms with Gasteiger partial charge in [0.15, 0.2) is 0 Å². The molecular weight excluding hydrogens is 234 g/mol. The molecule has 3 heteroatoms. The Hall–Kier alpha value is -0.590. The molecule has 110 valence electrons. The van der Waals surface area contributed by atoms with Crippen molar-refractivity contribution in [3.63, 3.8) is 0 Å². The third kappa shape index (κ3) is 5.12. The summed E-state index contributed by atoms with van der Waals surface area (Å²) in [6.45, 7) is 13.4. The Balaban J connectivity index is 2.38. The minimum absolute atomic E-state index is 0.306. The molecule has 1 saturated heterocycles. The van der Waals surface area contributed by atoms with Gasteiger partial charge in [-0.05, 0) is 57.2 Å². The van der Waals surface area contributed by atoms with Crippen molar-refractivity contribution in [3.8, 4) is 6.07 Å². The Labute approximate surface area is 119 Å². The van der Waals surface area contributed by atoms with E-state index >= 15 is 0 Å². The number of nitriles is 1. The molecule has 0 bridgehead atoms. The van der Waals surface area contributed by atoms with E-state index in [0.717, 1.165) is 32.4 Å². The number of hydrogen-bond acceptors (Lipinski definition) is 3. The largest absolute Gasteiger partial charge is 0.303 e. The molecule has 0 amide bonds. The first-order valence-corrected chi connectivity index (χ1v) is 7.85. The lowest BCUT2D eigenvalue weighted by atomic mass is 9.84. The van der Waals surface area contributed by atoms with Crippen molar-refractivity contribution in [1.29, 1.82) is 5.26 Å². The van der Waals surface area contributed by atoms with E-state index in [-0.39, 0.29) is 5.54 Å². The van der Waals surface area contributed by atoms with Crippen molar-refractivity contribution in [2.75, 3.05) is 26.2 Å². The number of rotatable bonds is 7. The summed E-state index contributed by atoms with van der Waals surface area (Å²) in [4.78, 5) is 2.58. The van der Waals surface area contributed by atoms with E-state index < -0.39 is 0 Å². The van der Waals surface area contributed by atoms with Gasteiger partial charge in [0.05, 0.1) is 6.07 Å². The molecule has 1 aliphatic rings. The highest BCUT2D eigenvalue weighted by Crippen LogP contribution is 2.28. The predicted molar refractivity (Wildman–Crippen MR) is 81.0 cm³/mol. The van der Waals surface area contributed by atoms with E-state index in [9.17, 15) is 5.26 Å². The molecule has 1 aliphatic heterocycles. The molecule has 1 heterocycles. The van der Waals surface area contributed by atoms with Crippen molar-refractivity contribution in [2.24, 2.45) is 5.41 Å². The number of nitrogens with zero attached hydrogens (tertiary/aromatic N) is 2. The van der Waals surface area contributed by atoms with Crippen LogP contribution in [0, 0.1) is 16.7 Å². The quantitative estimate of drug-likeness (QED) is 0.768. The van der Waals surface area contributed by atoms with Crippen LogP contribution in [0.4, 0.5) is 0 Å². The average molecular weight is 265 g/mol. The summed E-state index contributed by atoms with van der Waals surface area (Å²) in [6.07, 6.45) is 5.63. The van der Waals surface area contributed by atoms with E-state index in [2.05, 4.69) is 44.0 Å². The maximum absolute atomic E-state index is 9.40. The second-order valence-electron chi connectivity index (χ2n) is 6.73. The van der Waals surface area contributed by atoms with Gasteiger partial charge < -0.3 is 4.90 Å². The van der Waals surface area contributed by atoms with E-state index in [1.165, 1.54) is 25.9 Å². The monoisotopic (exact) mass is 265 g/mol. The molecule has 1 N–H and O–H groups in total. The molecule has 1 rings (SSSR count). The van der Waals surface area contributed by atoms with E-state index in [0.29, 0.717) is 5.41 Å². The minimum atomic E-state index is -0.306. The van der Waals surface area contributed by atoms with Crippen LogP contribution >= 0.6 is 0 Å². The van der Waals surface area contributed by atoms with Crippen LogP contribution in [0.2, 0.25) is 0 Å². The summed E-state index contributed by atoms with van der Waals surface area (Å²) in [7, 11) is 0.